The predicted octanol–water partition coefficient (Wildman–Crippen LogP) is 6.80. The minimum Gasteiger partial charge on any atom is -0.352 e. The van der Waals surface area contributed by atoms with E-state index in [0.29, 0.717) is 11.8 Å². The summed E-state index contributed by atoms with van der Waals surface area (Å²) in [6, 6.07) is 19.7. The van der Waals surface area contributed by atoms with E-state index < -0.39 is 41.5 Å². The average Bonchev–Trinajstić information content (AvgIpc) is 3.85. The van der Waals surface area contributed by atoms with Crippen LogP contribution in [0.25, 0.3) is 0 Å². The molecule has 2 fully saturated rings. The average molecular weight is 1100 g/mol. The maximum absolute atomic E-state index is 14.5. The zero-order valence-electron chi connectivity index (χ0n) is 49.8. The highest BCUT2D eigenvalue weighted by Gasteiger charge is 2.46. The number of carbonyl (C=O) groups is 8. The third kappa shape index (κ3) is 17.8. The Hall–Kier alpha value is -6.46. The highest BCUT2D eigenvalue weighted by atomic mass is 16.2. The Labute approximate surface area is 475 Å². The molecular weight excluding hydrogens is 1010 g/mol. The number of aryl methyl sites for hydroxylation is 2. The number of benzene rings is 3. The van der Waals surface area contributed by atoms with Crippen LogP contribution in [-0.2, 0) is 41.6 Å². The van der Waals surface area contributed by atoms with Crippen molar-refractivity contribution in [2.75, 3.05) is 20.6 Å². The molecule has 0 radical (unpaired) electrons. The first-order chi connectivity index (χ1) is 37.8. The van der Waals surface area contributed by atoms with E-state index in [9.17, 15) is 38.4 Å². The highest BCUT2D eigenvalue weighted by Crippen LogP contribution is 2.33. The molecule has 0 aromatic heterocycles. The van der Waals surface area contributed by atoms with E-state index in [0.717, 1.165) is 63.3 Å². The van der Waals surface area contributed by atoms with Crippen LogP contribution in [0.15, 0.2) is 72.8 Å². The second-order valence-corrected chi connectivity index (χ2v) is 24.9. The summed E-state index contributed by atoms with van der Waals surface area (Å²) in [6.07, 6.45) is 9.95. The van der Waals surface area contributed by atoms with Gasteiger partial charge in [-0.15, -0.1) is 0 Å². The SMILES string of the molecule is CN[C@@H](C)C(=O)NC(C(C)=O)C(C)(C)C.CN[C@@H](C)C(=O)N[C@H](C(=O)N1C[C@@H](NC(=O)c2ccccc2C(=O)NC2CC(C)C[C@H](C)C2)C[C@H]1C(=O)N[C@@H]1CCCc2ccccc21)C(C)(C)C.O=CNC1CCCc2ccccc21. The van der Waals surface area contributed by atoms with Crippen LogP contribution >= 0.6 is 0 Å². The number of amides is 7. The lowest BCUT2D eigenvalue weighted by atomic mass is 9.80. The molecule has 3 aromatic carbocycles. The number of ketones is 1. The number of nitrogens with one attached hydrogen (secondary N) is 8. The first-order valence-electron chi connectivity index (χ1n) is 28.9. The van der Waals surface area contributed by atoms with E-state index >= 15 is 0 Å². The summed E-state index contributed by atoms with van der Waals surface area (Å²) < 4.78 is 0. The molecule has 11 atom stereocenters. The van der Waals surface area contributed by atoms with Crippen LogP contribution in [-0.4, -0.2) is 115 Å². The van der Waals surface area contributed by atoms with Crippen LogP contribution in [0.3, 0.4) is 0 Å². The molecule has 1 saturated heterocycles. The lowest BCUT2D eigenvalue weighted by Gasteiger charge is -2.36. The minimum atomic E-state index is -0.925. The Balaban J connectivity index is 0.000000339. The van der Waals surface area contributed by atoms with Crippen molar-refractivity contribution in [3.63, 3.8) is 0 Å². The number of fused-ring (bicyclic) bond motifs is 2. The van der Waals surface area contributed by atoms with Crippen LogP contribution in [0.4, 0.5) is 0 Å². The van der Waals surface area contributed by atoms with Gasteiger partial charge in [-0.25, -0.2) is 0 Å². The number of rotatable bonds is 16. The van der Waals surface area contributed by atoms with Crippen molar-refractivity contribution >= 4 is 47.6 Å². The summed E-state index contributed by atoms with van der Waals surface area (Å²) in [5, 5.41) is 23.7. The van der Waals surface area contributed by atoms with Crippen molar-refractivity contribution in [1.82, 2.24) is 47.4 Å². The zero-order chi connectivity index (χ0) is 59.1. The standard InChI is InChI=1S/C41H58N6O5.C11H22N2O2.C11H13NO/c1-24-19-25(2)21-28(20-24)43-37(49)31-16-10-11-17-32(31)38(50)44-29-22-34(39(51)45-33-18-12-14-27-13-8-9-15-30(27)33)47(23-29)40(52)35(41(4,5)6)46-36(48)26(3)42-7;1-7(12-6)10(15)13-9(8(2)14)11(3,4)5;13-8-12-11-7-3-5-9-4-1-2-6-10(9)11/h8-11,13,15-17,24-26,28-29,33-35,42H,12,14,18-23H2,1-7H3,(H,43,49)(H,44,50)(H,45,51)(H,46,48);7,9,12H,1-6H3,(H,13,15);1-2,4,6,8,11H,3,5,7H2,(H,12,13)/t24-,25?,26-,28?,29-,33+,34-,35+;7-,9?;/m00./s1. The normalized spacial score (nSPS) is 22.9. The smallest absolute Gasteiger partial charge is 0.252 e. The van der Waals surface area contributed by atoms with Gasteiger partial charge in [0.1, 0.15) is 12.1 Å². The van der Waals surface area contributed by atoms with Gasteiger partial charge in [-0.3, -0.25) is 38.4 Å². The maximum Gasteiger partial charge on any atom is 0.252 e. The molecule has 4 unspecified atom stereocenters. The third-order valence-corrected chi connectivity index (χ3v) is 16.1. The lowest BCUT2D eigenvalue weighted by Crippen LogP contribution is -2.59. The third-order valence-electron chi connectivity index (χ3n) is 16.1. The minimum absolute atomic E-state index is 0.0147. The number of hydrogen-bond donors (Lipinski definition) is 8. The van der Waals surface area contributed by atoms with E-state index in [1.807, 2.05) is 65.8 Å². The fourth-order valence-corrected chi connectivity index (χ4v) is 11.6. The Morgan fingerprint density at radius 2 is 1.04 bits per heavy atom. The molecule has 1 aliphatic heterocycles. The van der Waals surface area contributed by atoms with Crippen LogP contribution < -0.4 is 42.5 Å². The molecule has 438 valence electrons. The van der Waals surface area contributed by atoms with Crippen LogP contribution in [0, 0.1) is 22.7 Å². The Bertz CT molecular complexity index is 2620. The van der Waals surface area contributed by atoms with Gasteiger partial charge in [0.25, 0.3) is 11.8 Å². The fourth-order valence-electron chi connectivity index (χ4n) is 11.6. The second kappa shape index (κ2) is 29.3. The van der Waals surface area contributed by atoms with Gasteiger partial charge in [0.2, 0.25) is 30.0 Å². The van der Waals surface area contributed by atoms with Crippen LogP contribution in [0.2, 0.25) is 0 Å². The van der Waals surface area contributed by atoms with E-state index in [4.69, 9.17) is 0 Å². The largest absolute Gasteiger partial charge is 0.352 e. The van der Waals surface area contributed by atoms with E-state index in [-0.39, 0.29) is 89.0 Å². The van der Waals surface area contributed by atoms with Gasteiger partial charge in [0.15, 0.2) is 5.78 Å². The van der Waals surface area contributed by atoms with Gasteiger partial charge in [0, 0.05) is 18.6 Å². The number of carbonyl (C=O) groups excluding carboxylic acids is 8. The van der Waals surface area contributed by atoms with Gasteiger partial charge in [-0.2, -0.15) is 0 Å². The van der Waals surface area contributed by atoms with Gasteiger partial charge < -0.3 is 47.4 Å². The van der Waals surface area contributed by atoms with Gasteiger partial charge >= 0.3 is 0 Å². The summed E-state index contributed by atoms with van der Waals surface area (Å²) in [7, 11) is 3.39. The van der Waals surface area contributed by atoms with Gasteiger partial charge in [-0.1, -0.05) is 116 Å². The van der Waals surface area contributed by atoms with E-state index in [2.05, 4.69) is 80.6 Å². The monoisotopic (exact) mass is 1100 g/mol. The lowest BCUT2D eigenvalue weighted by molar-refractivity contribution is -0.144. The molecule has 0 spiro atoms. The van der Waals surface area contributed by atoms with Crippen molar-refractivity contribution in [2.45, 2.75) is 195 Å². The molecular formula is C63H93N9O8. The van der Waals surface area contributed by atoms with Crippen molar-refractivity contribution in [2.24, 2.45) is 22.7 Å². The molecule has 1 saturated carbocycles. The Kier molecular flexibility index (Phi) is 23.6. The fraction of sp³-hybridized carbons (Fsp3) is 0.587. The molecule has 3 aliphatic carbocycles. The number of Topliss-reactive ketones (excluding diaryl/α,β-unsaturated/α-hetero) is 1. The highest BCUT2D eigenvalue weighted by molar-refractivity contribution is 6.07. The van der Waals surface area contributed by atoms with Gasteiger partial charge in [0.05, 0.1) is 41.3 Å². The number of likely N-dealkylation sites (N-methyl/N-ethyl adjacent to an activating group) is 2. The molecule has 7 rings (SSSR count). The van der Waals surface area contributed by atoms with Crippen molar-refractivity contribution in [1.29, 1.82) is 0 Å². The summed E-state index contributed by atoms with van der Waals surface area (Å²) in [5.41, 5.74) is 4.55. The first kappa shape index (κ1) is 64.4. The molecule has 4 aliphatic rings. The molecule has 17 nitrogen and oxygen atoms in total. The molecule has 8 N–H and O–H groups in total. The van der Waals surface area contributed by atoms with Crippen LogP contribution in [0.1, 0.15) is 183 Å². The van der Waals surface area contributed by atoms with Crippen LogP contribution in [0.5, 0.6) is 0 Å². The summed E-state index contributed by atoms with van der Waals surface area (Å²) in [6.45, 7) is 20.9. The van der Waals surface area contributed by atoms with Gasteiger partial charge in [-0.05, 0) is 156 Å². The van der Waals surface area contributed by atoms with Crippen molar-refractivity contribution in [3.05, 3.63) is 106 Å². The summed E-state index contributed by atoms with van der Waals surface area (Å²) >= 11 is 0. The van der Waals surface area contributed by atoms with Crippen molar-refractivity contribution in [3.8, 4) is 0 Å². The Morgan fingerprint density at radius 1 is 0.588 bits per heavy atom. The number of nitrogens with zero attached hydrogens (tertiary/aromatic N) is 1. The topological polar surface area (TPSA) is 236 Å². The summed E-state index contributed by atoms with van der Waals surface area (Å²) in [5.74, 6) is -0.887. The Morgan fingerprint density at radius 3 is 1.51 bits per heavy atom. The summed E-state index contributed by atoms with van der Waals surface area (Å²) in [4.78, 5) is 104. The molecule has 3 aromatic rings. The quantitative estimate of drug-likeness (QED) is 0.0699. The zero-order valence-corrected chi connectivity index (χ0v) is 49.8. The molecule has 7 amide bonds. The van der Waals surface area contributed by atoms with Crippen molar-refractivity contribution < 1.29 is 38.4 Å². The maximum atomic E-state index is 14.5. The predicted molar refractivity (Wildman–Crippen MR) is 313 cm³/mol. The second-order valence-electron chi connectivity index (χ2n) is 24.9. The molecule has 0 bridgehead atoms. The number of likely N-dealkylation sites (tertiary alicyclic amines) is 1. The molecule has 80 heavy (non-hydrogen) atoms. The van der Waals surface area contributed by atoms with E-state index in [1.54, 1.807) is 52.2 Å². The van der Waals surface area contributed by atoms with E-state index in [1.165, 1.54) is 34.9 Å². The number of hydrogen-bond acceptors (Lipinski definition) is 10. The molecule has 1 heterocycles. The molecule has 17 heteroatoms. The first-order valence-corrected chi connectivity index (χ1v) is 28.9.